The van der Waals surface area contributed by atoms with Gasteiger partial charge in [-0.3, -0.25) is 4.79 Å². The first-order valence-corrected chi connectivity index (χ1v) is 6.53. The highest BCUT2D eigenvalue weighted by Crippen LogP contribution is 2.16. The number of hydrogen-bond acceptors (Lipinski definition) is 5. The molecule has 20 heavy (non-hydrogen) atoms. The number of likely N-dealkylation sites (tertiary alicyclic amines) is 1. The Morgan fingerprint density at radius 3 is 2.70 bits per heavy atom. The topological polar surface area (TPSA) is 109 Å². The van der Waals surface area contributed by atoms with Crippen molar-refractivity contribution in [1.82, 2.24) is 9.88 Å². The van der Waals surface area contributed by atoms with Gasteiger partial charge in [0.15, 0.2) is 0 Å². The van der Waals surface area contributed by atoms with Crippen LogP contribution in [0.3, 0.4) is 0 Å². The van der Waals surface area contributed by atoms with Crippen molar-refractivity contribution in [3.63, 3.8) is 0 Å². The molecule has 1 unspecified atom stereocenters. The van der Waals surface area contributed by atoms with E-state index in [9.17, 15) is 9.59 Å². The van der Waals surface area contributed by atoms with E-state index in [0.29, 0.717) is 5.82 Å². The fraction of sp³-hybridized carbons (Fsp3) is 0.462. The third kappa shape index (κ3) is 2.98. The summed E-state index contributed by atoms with van der Waals surface area (Å²) in [5, 5.41) is 11.9. The molecular formula is C13H18N4O3. The summed E-state index contributed by atoms with van der Waals surface area (Å²) in [4.78, 5) is 28.9. The van der Waals surface area contributed by atoms with E-state index in [1.54, 1.807) is 11.8 Å². The maximum atomic E-state index is 12.1. The van der Waals surface area contributed by atoms with Gasteiger partial charge in [0, 0.05) is 13.1 Å². The number of anilines is 2. The molecule has 4 N–H and O–H groups in total. The minimum Gasteiger partial charge on any atom is -0.478 e. The molecule has 1 saturated heterocycles. The number of nitrogens with zero attached hydrogens (tertiary/aromatic N) is 2. The number of carboxylic acid groups (broad SMARTS) is 1. The number of hydrogen-bond donors (Lipinski definition) is 3. The molecule has 0 saturated carbocycles. The average Bonchev–Trinajstić information content (AvgIpc) is 2.93. The van der Waals surface area contributed by atoms with Crippen LogP contribution in [0.1, 0.15) is 30.1 Å². The van der Waals surface area contributed by atoms with E-state index in [2.05, 4.69) is 10.3 Å². The Morgan fingerprint density at radius 2 is 2.10 bits per heavy atom. The lowest BCUT2D eigenvalue weighted by Gasteiger charge is -2.21. The molecule has 1 amide bonds. The Hall–Kier alpha value is -2.31. The van der Waals surface area contributed by atoms with Crippen LogP contribution < -0.4 is 11.1 Å². The highest BCUT2D eigenvalue weighted by molar-refractivity contribution is 5.94. The van der Waals surface area contributed by atoms with E-state index in [4.69, 9.17) is 10.8 Å². The maximum Gasteiger partial charge on any atom is 0.337 e. The molecule has 1 aromatic heterocycles. The van der Waals surface area contributed by atoms with E-state index in [1.807, 2.05) is 0 Å². The molecule has 1 aliphatic rings. The van der Waals surface area contributed by atoms with Crippen molar-refractivity contribution in [2.24, 2.45) is 0 Å². The fourth-order valence-electron chi connectivity index (χ4n) is 2.23. The van der Waals surface area contributed by atoms with Gasteiger partial charge in [-0.1, -0.05) is 0 Å². The van der Waals surface area contributed by atoms with E-state index in [1.165, 1.54) is 12.3 Å². The molecule has 1 aliphatic heterocycles. The number of nitrogen functional groups attached to an aromatic ring is 1. The number of rotatable bonds is 4. The van der Waals surface area contributed by atoms with Gasteiger partial charge in [-0.25, -0.2) is 9.78 Å². The van der Waals surface area contributed by atoms with Gasteiger partial charge in [0.2, 0.25) is 5.91 Å². The lowest BCUT2D eigenvalue weighted by Crippen LogP contribution is -2.39. The van der Waals surface area contributed by atoms with E-state index >= 15 is 0 Å². The molecule has 0 spiro atoms. The summed E-state index contributed by atoms with van der Waals surface area (Å²) < 4.78 is 0. The SMILES string of the molecule is CC(Nc1cc(C(=O)O)c(N)cn1)C(=O)N1CCCC1. The van der Waals surface area contributed by atoms with Gasteiger partial charge in [0.1, 0.15) is 11.9 Å². The van der Waals surface area contributed by atoms with Crippen molar-refractivity contribution in [1.29, 1.82) is 0 Å². The number of aromatic nitrogens is 1. The molecule has 0 aromatic carbocycles. The third-order valence-corrected chi connectivity index (χ3v) is 3.32. The summed E-state index contributed by atoms with van der Waals surface area (Å²) in [7, 11) is 0. The molecular weight excluding hydrogens is 260 g/mol. The number of nitrogens with one attached hydrogen (secondary N) is 1. The third-order valence-electron chi connectivity index (χ3n) is 3.32. The highest BCUT2D eigenvalue weighted by atomic mass is 16.4. The Balaban J connectivity index is 2.07. The van der Waals surface area contributed by atoms with Crippen molar-refractivity contribution >= 4 is 23.4 Å². The maximum absolute atomic E-state index is 12.1. The predicted octanol–water partition coefficient (Wildman–Crippen LogP) is 0.785. The summed E-state index contributed by atoms with van der Waals surface area (Å²) >= 11 is 0. The number of nitrogens with two attached hydrogens (primary N) is 1. The Labute approximate surface area is 116 Å². The number of amides is 1. The van der Waals surface area contributed by atoms with Gasteiger partial charge in [0.05, 0.1) is 17.4 Å². The molecule has 2 heterocycles. The van der Waals surface area contributed by atoms with Gasteiger partial charge in [-0.05, 0) is 25.8 Å². The summed E-state index contributed by atoms with van der Waals surface area (Å²) in [6.45, 7) is 3.29. The zero-order chi connectivity index (χ0) is 14.7. The lowest BCUT2D eigenvalue weighted by molar-refractivity contribution is -0.130. The van der Waals surface area contributed by atoms with Gasteiger partial charge >= 0.3 is 5.97 Å². The Bertz CT molecular complexity index is 526. The fourth-order valence-corrected chi connectivity index (χ4v) is 2.23. The van der Waals surface area contributed by atoms with Gasteiger partial charge < -0.3 is 21.1 Å². The van der Waals surface area contributed by atoms with Gasteiger partial charge in [-0.2, -0.15) is 0 Å². The largest absolute Gasteiger partial charge is 0.478 e. The van der Waals surface area contributed by atoms with E-state index < -0.39 is 12.0 Å². The molecule has 0 radical (unpaired) electrons. The molecule has 1 fully saturated rings. The summed E-state index contributed by atoms with van der Waals surface area (Å²) in [6.07, 6.45) is 3.34. The van der Waals surface area contributed by atoms with Crippen LogP contribution in [0.4, 0.5) is 11.5 Å². The summed E-state index contributed by atoms with van der Waals surface area (Å²) in [5.41, 5.74) is 5.61. The molecule has 1 atom stereocenters. The molecule has 7 heteroatoms. The van der Waals surface area contributed by atoms with Crippen LogP contribution in [0.2, 0.25) is 0 Å². The molecule has 108 valence electrons. The van der Waals surface area contributed by atoms with Crippen LogP contribution in [0.25, 0.3) is 0 Å². The highest BCUT2D eigenvalue weighted by Gasteiger charge is 2.23. The second-order valence-electron chi connectivity index (χ2n) is 4.86. The van der Waals surface area contributed by atoms with E-state index in [-0.39, 0.29) is 17.2 Å². The van der Waals surface area contributed by atoms with E-state index in [0.717, 1.165) is 25.9 Å². The molecule has 0 bridgehead atoms. The normalized spacial score (nSPS) is 15.9. The Morgan fingerprint density at radius 1 is 1.45 bits per heavy atom. The minimum absolute atomic E-state index is 0.00185. The number of carboxylic acids is 1. The van der Waals surface area contributed by atoms with Crippen molar-refractivity contribution in [2.75, 3.05) is 24.1 Å². The second kappa shape index (κ2) is 5.77. The molecule has 1 aromatic rings. The number of carbonyl (C=O) groups excluding carboxylic acids is 1. The van der Waals surface area contributed by atoms with Crippen LogP contribution in [0, 0.1) is 0 Å². The van der Waals surface area contributed by atoms with Gasteiger partial charge in [-0.15, -0.1) is 0 Å². The van der Waals surface area contributed by atoms with Crippen LogP contribution in [0.5, 0.6) is 0 Å². The predicted molar refractivity (Wildman–Crippen MR) is 74.5 cm³/mol. The van der Waals surface area contributed by atoms with Crippen LogP contribution >= 0.6 is 0 Å². The molecule has 2 rings (SSSR count). The smallest absolute Gasteiger partial charge is 0.337 e. The van der Waals surface area contributed by atoms with Crippen LogP contribution in [-0.2, 0) is 4.79 Å². The monoisotopic (exact) mass is 278 g/mol. The van der Waals surface area contributed by atoms with Crippen LogP contribution in [-0.4, -0.2) is 46.0 Å². The summed E-state index contributed by atoms with van der Waals surface area (Å²) in [5.74, 6) is -0.791. The number of aromatic carboxylic acids is 1. The van der Waals surface area contributed by atoms with Crippen molar-refractivity contribution in [2.45, 2.75) is 25.8 Å². The Kier molecular flexibility index (Phi) is 4.07. The molecule has 7 nitrogen and oxygen atoms in total. The first-order chi connectivity index (χ1) is 9.49. The first kappa shape index (κ1) is 14.1. The lowest BCUT2D eigenvalue weighted by atomic mass is 10.2. The van der Waals surface area contributed by atoms with Crippen molar-refractivity contribution in [3.8, 4) is 0 Å². The zero-order valence-corrected chi connectivity index (χ0v) is 11.3. The van der Waals surface area contributed by atoms with Crippen molar-refractivity contribution < 1.29 is 14.7 Å². The first-order valence-electron chi connectivity index (χ1n) is 6.53. The van der Waals surface area contributed by atoms with Crippen molar-refractivity contribution in [3.05, 3.63) is 17.8 Å². The second-order valence-corrected chi connectivity index (χ2v) is 4.86. The van der Waals surface area contributed by atoms with Crippen LogP contribution in [0.15, 0.2) is 12.3 Å². The minimum atomic E-state index is -1.12. The quantitative estimate of drug-likeness (QED) is 0.751. The standard InChI is InChI=1S/C13H18N4O3/c1-8(12(18)17-4-2-3-5-17)16-11-6-9(13(19)20)10(14)7-15-11/h6-8H,2-5,14H2,1H3,(H,15,16)(H,19,20). The summed E-state index contributed by atoms with van der Waals surface area (Å²) in [6, 6.07) is 0.886. The number of carbonyl (C=O) groups is 2. The average molecular weight is 278 g/mol. The number of pyridine rings is 1. The van der Waals surface area contributed by atoms with Gasteiger partial charge in [0.25, 0.3) is 0 Å². The zero-order valence-electron chi connectivity index (χ0n) is 11.3. The molecule has 0 aliphatic carbocycles.